The highest BCUT2D eigenvalue weighted by Crippen LogP contribution is 2.22. The molecule has 1 aromatic rings. The van der Waals surface area contributed by atoms with E-state index in [1.165, 1.54) is 0 Å². The predicted molar refractivity (Wildman–Crippen MR) is 65.8 cm³/mol. The first kappa shape index (κ1) is 13.5. The molecule has 0 amide bonds. The molecule has 1 unspecified atom stereocenters. The van der Waals surface area contributed by atoms with E-state index in [2.05, 4.69) is 5.32 Å². The van der Waals surface area contributed by atoms with Gasteiger partial charge in [0, 0.05) is 17.4 Å². The molecule has 0 aliphatic rings. The fourth-order valence-electron chi connectivity index (χ4n) is 1.53. The Labute approximate surface area is 99.6 Å². The van der Waals surface area contributed by atoms with E-state index in [-0.39, 0.29) is 6.04 Å². The Kier molecular flexibility index (Phi) is 5.77. The van der Waals surface area contributed by atoms with Crippen LogP contribution in [0.2, 0.25) is 0 Å². The molecule has 4 heteroatoms. The second kappa shape index (κ2) is 6.86. The molecule has 1 atom stereocenters. The summed E-state index contributed by atoms with van der Waals surface area (Å²) in [5.41, 5.74) is 0.419. The Morgan fingerprint density at radius 2 is 2.12 bits per heavy atom. The van der Waals surface area contributed by atoms with Crippen LogP contribution in [0.1, 0.15) is 24.9 Å². The lowest BCUT2D eigenvalue weighted by atomic mass is 10.1. The molecule has 0 aromatic heterocycles. The summed E-state index contributed by atoms with van der Waals surface area (Å²) in [4.78, 5) is 0. The van der Waals surface area contributed by atoms with Crippen molar-refractivity contribution < 1.29 is 8.78 Å². The normalized spacial score (nSPS) is 12.8. The number of nitrogens with one attached hydrogen (secondary N) is 1. The Balaban J connectivity index is 2.86. The van der Waals surface area contributed by atoms with Gasteiger partial charge < -0.3 is 5.32 Å². The maximum atomic E-state index is 13.6. The smallest absolute Gasteiger partial charge is 0.163 e. The minimum atomic E-state index is -0.776. The monoisotopic (exact) mass is 245 g/mol. The van der Waals surface area contributed by atoms with Gasteiger partial charge in [0.2, 0.25) is 0 Å². The Morgan fingerprint density at radius 1 is 1.38 bits per heavy atom. The van der Waals surface area contributed by atoms with E-state index in [4.69, 9.17) is 0 Å². The summed E-state index contributed by atoms with van der Waals surface area (Å²) < 4.78 is 26.7. The summed E-state index contributed by atoms with van der Waals surface area (Å²) in [6.45, 7) is 2.85. The summed E-state index contributed by atoms with van der Waals surface area (Å²) in [6, 6.07) is 4.22. The molecule has 1 nitrogen and oxygen atoms in total. The summed E-state index contributed by atoms with van der Waals surface area (Å²) in [7, 11) is 0. The van der Waals surface area contributed by atoms with E-state index in [1.807, 2.05) is 13.2 Å². The molecule has 1 N–H and O–H groups in total. The van der Waals surface area contributed by atoms with E-state index < -0.39 is 11.6 Å². The SMILES string of the molecule is CCCNC(CSC)c1cccc(F)c1F. The van der Waals surface area contributed by atoms with Crippen molar-refractivity contribution in [2.45, 2.75) is 19.4 Å². The summed E-state index contributed by atoms with van der Waals surface area (Å²) in [5.74, 6) is -0.771. The molecule has 0 bridgehead atoms. The first-order valence-electron chi connectivity index (χ1n) is 5.37. The average Bonchev–Trinajstić information content (AvgIpc) is 2.28. The van der Waals surface area contributed by atoms with Crippen molar-refractivity contribution in [3.8, 4) is 0 Å². The number of hydrogen-bond acceptors (Lipinski definition) is 2. The van der Waals surface area contributed by atoms with Crippen LogP contribution in [0.5, 0.6) is 0 Å². The van der Waals surface area contributed by atoms with Gasteiger partial charge in [-0.15, -0.1) is 0 Å². The third-order valence-corrected chi connectivity index (χ3v) is 3.00. The van der Waals surface area contributed by atoms with Gasteiger partial charge in [-0.2, -0.15) is 11.8 Å². The first-order valence-corrected chi connectivity index (χ1v) is 6.76. The molecule has 0 spiro atoms. The van der Waals surface area contributed by atoms with Crippen LogP contribution in [-0.2, 0) is 0 Å². The van der Waals surface area contributed by atoms with E-state index >= 15 is 0 Å². The van der Waals surface area contributed by atoms with Gasteiger partial charge in [0.25, 0.3) is 0 Å². The van der Waals surface area contributed by atoms with Crippen molar-refractivity contribution in [1.82, 2.24) is 5.32 Å². The first-order chi connectivity index (χ1) is 7.70. The molecular formula is C12H17F2NS. The quantitative estimate of drug-likeness (QED) is 0.824. The highest BCUT2D eigenvalue weighted by atomic mass is 32.2. The molecule has 0 aliphatic carbocycles. The Hall–Kier alpha value is -0.610. The number of hydrogen-bond donors (Lipinski definition) is 1. The fraction of sp³-hybridized carbons (Fsp3) is 0.500. The van der Waals surface area contributed by atoms with Gasteiger partial charge in [-0.3, -0.25) is 0 Å². The van der Waals surface area contributed by atoms with Crippen LogP contribution in [0.4, 0.5) is 8.78 Å². The number of thioether (sulfide) groups is 1. The lowest BCUT2D eigenvalue weighted by molar-refractivity contribution is 0.475. The molecule has 1 aromatic carbocycles. The van der Waals surface area contributed by atoms with Gasteiger partial charge >= 0.3 is 0 Å². The van der Waals surface area contributed by atoms with Crippen LogP contribution in [0.3, 0.4) is 0 Å². The number of benzene rings is 1. The summed E-state index contributed by atoms with van der Waals surface area (Å²) in [5, 5.41) is 3.23. The topological polar surface area (TPSA) is 12.0 Å². The molecule has 0 saturated carbocycles. The van der Waals surface area contributed by atoms with Crippen LogP contribution < -0.4 is 5.32 Å². The highest BCUT2D eigenvalue weighted by Gasteiger charge is 2.16. The zero-order chi connectivity index (χ0) is 12.0. The standard InChI is InChI=1S/C12H17F2NS/c1-3-7-15-11(8-16-2)9-5-4-6-10(13)12(9)14/h4-6,11,15H,3,7-8H2,1-2H3. The third-order valence-electron chi connectivity index (χ3n) is 2.33. The maximum Gasteiger partial charge on any atom is 0.163 e. The second-order valence-electron chi connectivity index (χ2n) is 3.61. The molecular weight excluding hydrogens is 228 g/mol. The van der Waals surface area contributed by atoms with E-state index in [0.29, 0.717) is 5.56 Å². The van der Waals surface area contributed by atoms with Crippen molar-refractivity contribution in [2.75, 3.05) is 18.6 Å². The molecule has 90 valence electrons. The minimum absolute atomic E-state index is 0.120. The van der Waals surface area contributed by atoms with Gasteiger partial charge in [0.15, 0.2) is 11.6 Å². The molecule has 0 fully saturated rings. The number of rotatable bonds is 6. The Bertz CT molecular complexity index is 331. The van der Waals surface area contributed by atoms with Gasteiger partial charge in [-0.05, 0) is 25.3 Å². The molecule has 0 aliphatic heterocycles. The van der Waals surface area contributed by atoms with Crippen molar-refractivity contribution in [3.63, 3.8) is 0 Å². The molecule has 0 saturated heterocycles. The average molecular weight is 245 g/mol. The largest absolute Gasteiger partial charge is 0.309 e. The van der Waals surface area contributed by atoms with Crippen LogP contribution in [-0.4, -0.2) is 18.6 Å². The second-order valence-corrected chi connectivity index (χ2v) is 4.52. The van der Waals surface area contributed by atoms with Crippen LogP contribution in [0.25, 0.3) is 0 Å². The zero-order valence-corrected chi connectivity index (χ0v) is 10.4. The number of halogens is 2. The van der Waals surface area contributed by atoms with Gasteiger partial charge in [0.05, 0.1) is 0 Å². The maximum absolute atomic E-state index is 13.6. The summed E-state index contributed by atoms with van der Waals surface area (Å²) in [6.07, 6.45) is 2.93. The lowest BCUT2D eigenvalue weighted by Crippen LogP contribution is -2.25. The van der Waals surface area contributed by atoms with E-state index in [9.17, 15) is 8.78 Å². The van der Waals surface area contributed by atoms with E-state index in [1.54, 1.807) is 23.9 Å². The molecule has 0 radical (unpaired) electrons. The lowest BCUT2D eigenvalue weighted by Gasteiger charge is -2.18. The van der Waals surface area contributed by atoms with Crippen molar-refractivity contribution in [3.05, 3.63) is 35.4 Å². The highest BCUT2D eigenvalue weighted by molar-refractivity contribution is 7.98. The zero-order valence-electron chi connectivity index (χ0n) is 9.59. The predicted octanol–water partition coefficient (Wildman–Crippen LogP) is 3.37. The third kappa shape index (κ3) is 3.46. The van der Waals surface area contributed by atoms with Crippen LogP contribution >= 0.6 is 11.8 Å². The fourth-order valence-corrected chi connectivity index (χ4v) is 2.16. The van der Waals surface area contributed by atoms with Gasteiger partial charge in [-0.1, -0.05) is 19.1 Å². The van der Waals surface area contributed by atoms with Gasteiger partial charge in [0.1, 0.15) is 0 Å². The minimum Gasteiger partial charge on any atom is -0.309 e. The Morgan fingerprint density at radius 3 is 2.75 bits per heavy atom. The molecule has 1 rings (SSSR count). The van der Waals surface area contributed by atoms with Crippen molar-refractivity contribution in [1.29, 1.82) is 0 Å². The molecule has 16 heavy (non-hydrogen) atoms. The molecule has 0 heterocycles. The van der Waals surface area contributed by atoms with Crippen molar-refractivity contribution in [2.24, 2.45) is 0 Å². The van der Waals surface area contributed by atoms with Crippen LogP contribution in [0, 0.1) is 11.6 Å². The summed E-state index contributed by atoms with van der Waals surface area (Å²) >= 11 is 1.62. The van der Waals surface area contributed by atoms with Crippen molar-refractivity contribution >= 4 is 11.8 Å². The van der Waals surface area contributed by atoms with Gasteiger partial charge in [-0.25, -0.2) is 8.78 Å². The van der Waals surface area contributed by atoms with E-state index in [0.717, 1.165) is 24.8 Å². The van der Waals surface area contributed by atoms with Crippen LogP contribution in [0.15, 0.2) is 18.2 Å².